The highest BCUT2D eigenvalue weighted by atomic mass is 14.5. The number of hydrogen-bond acceptors (Lipinski definition) is 0. The van der Waals surface area contributed by atoms with Crippen LogP contribution in [0.15, 0.2) is 194 Å². The van der Waals surface area contributed by atoms with Crippen LogP contribution in [0.5, 0.6) is 0 Å². The first kappa shape index (κ1) is 55.0. The monoisotopic (exact) mass is 1170 g/mol. The molecule has 0 amide bonds. The van der Waals surface area contributed by atoms with E-state index in [0.717, 1.165) is 0 Å². The SMILES string of the molecule is CC(C)(C)c1ccc2c(c1)C1(c3cc(-c4ccc5c(c4)C(C)(C)c4cc6ccc7cc(C(C)(C)C)cc8ccc(c4-5)c6c78)ccc3-c3ccc(-c4ccc5c(c4)C(C)(C)c4cc6ccc7cc(C(C)(C)C)cc8ccc(c4-5)c6c78)cc31)c1cc(C(C)(C)C)ccc1-2. The van der Waals surface area contributed by atoms with Crippen LogP contribution < -0.4 is 0 Å². The van der Waals surface area contributed by atoms with E-state index >= 15 is 0 Å². The molecule has 0 atom stereocenters. The molecule has 0 saturated carbocycles. The Bertz CT molecular complexity index is 5210. The van der Waals surface area contributed by atoms with E-state index in [1.807, 2.05) is 0 Å². The predicted octanol–water partition coefficient (Wildman–Crippen LogP) is 25.0. The molecular formula is C91H80. The summed E-state index contributed by atoms with van der Waals surface area (Å²) in [6.45, 7) is 38.0. The van der Waals surface area contributed by atoms with Crippen molar-refractivity contribution in [2.24, 2.45) is 0 Å². The number of fused-ring (bicyclic) bond motifs is 18. The lowest BCUT2D eigenvalue weighted by atomic mass is 9.68. The summed E-state index contributed by atoms with van der Waals surface area (Å²) in [7, 11) is 0. The molecule has 4 aliphatic rings. The van der Waals surface area contributed by atoms with E-state index in [4.69, 9.17) is 0 Å². The van der Waals surface area contributed by atoms with Crippen LogP contribution >= 0.6 is 0 Å². The van der Waals surface area contributed by atoms with Gasteiger partial charge in [0, 0.05) is 10.8 Å². The fourth-order valence-electron chi connectivity index (χ4n) is 17.9. The van der Waals surface area contributed by atoms with E-state index in [9.17, 15) is 0 Å². The molecule has 0 N–H and O–H groups in total. The first-order valence-corrected chi connectivity index (χ1v) is 33.5. The summed E-state index contributed by atoms with van der Waals surface area (Å²) in [6.07, 6.45) is 0. The van der Waals surface area contributed by atoms with Crippen molar-refractivity contribution in [2.75, 3.05) is 0 Å². The molecule has 4 aliphatic carbocycles. The van der Waals surface area contributed by atoms with E-state index in [1.54, 1.807) is 0 Å². The van der Waals surface area contributed by atoms with Crippen molar-refractivity contribution in [1.29, 1.82) is 0 Å². The Balaban J connectivity index is 0.821. The van der Waals surface area contributed by atoms with Crippen molar-refractivity contribution < 1.29 is 0 Å². The quantitative estimate of drug-likeness (QED) is 0.151. The van der Waals surface area contributed by atoms with E-state index in [2.05, 4.69) is 305 Å². The van der Waals surface area contributed by atoms with Gasteiger partial charge in [0.2, 0.25) is 0 Å². The van der Waals surface area contributed by atoms with Crippen molar-refractivity contribution in [1.82, 2.24) is 0 Å². The van der Waals surface area contributed by atoms with Crippen LogP contribution in [0.2, 0.25) is 0 Å². The maximum absolute atomic E-state index is 2.62. The summed E-state index contributed by atoms with van der Waals surface area (Å²) in [5, 5.41) is 16.3. The van der Waals surface area contributed by atoms with Gasteiger partial charge in [-0.1, -0.05) is 269 Å². The molecule has 0 nitrogen and oxygen atoms in total. The summed E-state index contributed by atoms with van der Waals surface area (Å²) < 4.78 is 0. The first-order chi connectivity index (χ1) is 43.1. The van der Waals surface area contributed by atoms with Gasteiger partial charge in [-0.2, -0.15) is 0 Å². The Kier molecular flexibility index (Phi) is 10.5. The fraction of sp³-hybridized carbons (Fsp3) is 0.253. The first-order valence-electron chi connectivity index (χ1n) is 33.5. The van der Waals surface area contributed by atoms with Crippen LogP contribution in [-0.4, -0.2) is 0 Å². The van der Waals surface area contributed by atoms with Crippen LogP contribution in [0, 0.1) is 0 Å². The van der Waals surface area contributed by atoms with Crippen LogP contribution in [0.25, 0.3) is 131 Å². The molecule has 0 aliphatic heterocycles. The highest BCUT2D eigenvalue weighted by molar-refractivity contribution is 6.28. The lowest BCUT2D eigenvalue weighted by Gasteiger charge is -2.33. The average molecular weight is 1170 g/mol. The molecule has 0 heteroatoms. The molecule has 0 fully saturated rings. The van der Waals surface area contributed by atoms with Gasteiger partial charge < -0.3 is 0 Å². The molecule has 0 saturated heterocycles. The Morgan fingerprint density at radius 2 is 0.495 bits per heavy atom. The highest BCUT2D eigenvalue weighted by Gasteiger charge is 2.53. The topological polar surface area (TPSA) is 0 Å². The minimum absolute atomic E-state index is 0.0598. The summed E-state index contributed by atoms with van der Waals surface area (Å²) in [5.41, 5.74) is 31.5. The van der Waals surface area contributed by atoms with E-state index in [1.165, 1.54) is 198 Å². The van der Waals surface area contributed by atoms with Crippen LogP contribution in [0.3, 0.4) is 0 Å². The molecular weight excluding hydrogens is 1090 g/mol. The third-order valence-corrected chi connectivity index (χ3v) is 23.1. The van der Waals surface area contributed by atoms with Gasteiger partial charge in [0.15, 0.2) is 0 Å². The van der Waals surface area contributed by atoms with Crippen molar-refractivity contribution in [3.8, 4) is 66.8 Å². The number of benzene rings is 14. The second-order valence-electron chi connectivity index (χ2n) is 33.3. The number of rotatable bonds is 2. The maximum Gasteiger partial charge on any atom is 0.0726 e. The lowest BCUT2D eigenvalue weighted by Crippen LogP contribution is -2.27. The zero-order valence-electron chi connectivity index (χ0n) is 56.0. The van der Waals surface area contributed by atoms with Gasteiger partial charge in [-0.15, -0.1) is 0 Å². The van der Waals surface area contributed by atoms with Crippen LogP contribution in [0.1, 0.15) is 178 Å². The second kappa shape index (κ2) is 17.4. The minimum atomic E-state index is -0.586. The van der Waals surface area contributed by atoms with Crippen LogP contribution in [-0.2, 0) is 37.9 Å². The molecule has 0 bridgehead atoms. The van der Waals surface area contributed by atoms with E-state index < -0.39 is 5.41 Å². The summed E-state index contributed by atoms with van der Waals surface area (Å²) >= 11 is 0. The minimum Gasteiger partial charge on any atom is -0.0579 e. The standard InChI is InChI=1S/C91H80/c1-85(2,3)59-27-35-65-66-36-28-60(86(4,5)6)48-76(66)91(75(65)47-59)73-43-51(49-23-31-67-71(41-49)89(13,14)77-45-57-19-17-53-37-61(87(7,8)9)39-55-25-33-69(83(67)77)81(57)79(53)55)21-29-63(73)64-30-22-52(44-74(64)91)50-24-32-68-72(42-50)90(15,16)78-46-58-20-18-54-38-62(88(10,11)12)40-56-26-34-70(84(68)78)82(58)80(54)56/h17-48H,1-16H3. The third kappa shape index (κ3) is 7.23. The highest BCUT2D eigenvalue weighted by Crippen LogP contribution is 2.65. The van der Waals surface area contributed by atoms with Gasteiger partial charge in [0.25, 0.3) is 0 Å². The molecule has 0 unspecified atom stereocenters. The van der Waals surface area contributed by atoms with Crippen molar-refractivity contribution in [2.45, 2.75) is 149 Å². The van der Waals surface area contributed by atoms with Crippen molar-refractivity contribution >= 4 is 64.6 Å². The molecule has 444 valence electrons. The largest absolute Gasteiger partial charge is 0.0726 e. The Morgan fingerprint density at radius 3 is 0.824 bits per heavy atom. The molecule has 91 heavy (non-hydrogen) atoms. The van der Waals surface area contributed by atoms with Gasteiger partial charge in [-0.3, -0.25) is 0 Å². The Labute approximate surface area is 537 Å². The van der Waals surface area contributed by atoms with Crippen molar-refractivity contribution in [3.63, 3.8) is 0 Å². The summed E-state index contributed by atoms with van der Waals surface area (Å²) in [5.74, 6) is 0. The van der Waals surface area contributed by atoms with Crippen LogP contribution in [0.4, 0.5) is 0 Å². The average Bonchev–Trinajstić information content (AvgIpc) is 1.56. The summed E-state index contributed by atoms with van der Waals surface area (Å²) in [6, 6.07) is 78.9. The third-order valence-electron chi connectivity index (χ3n) is 23.1. The van der Waals surface area contributed by atoms with Gasteiger partial charge in [0.1, 0.15) is 0 Å². The molecule has 0 aromatic heterocycles. The summed E-state index contributed by atoms with van der Waals surface area (Å²) in [4.78, 5) is 0. The zero-order valence-corrected chi connectivity index (χ0v) is 56.0. The molecule has 0 heterocycles. The Hall–Kier alpha value is -8.84. The van der Waals surface area contributed by atoms with E-state index in [0.29, 0.717) is 0 Å². The maximum atomic E-state index is 2.62. The predicted molar refractivity (Wildman–Crippen MR) is 391 cm³/mol. The lowest BCUT2D eigenvalue weighted by molar-refractivity contribution is 0.586. The normalized spacial score (nSPS) is 15.7. The smallest absolute Gasteiger partial charge is 0.0579 e. The fourth-order valence-corrected chi connectivity index (χ4v) is 17.9. The molecule has 1 spiro atoms. The molecule has 0 radical (unpaired) electrons. The van der Waals surface area contributed by atoms with Gasteiger partial charge in [-0.05, 0) is 256 Å². The van der Waals surface area contributed by atoms with Gasteiger partial charge in [-0.25, -0.2) is 0 Å². The van der Waals surface area contributed by atoms with Gasteiger partial charge in [0.05, 0.1) is 5.41 Å². The zero-order chi connectivity index (χ0) is 62.9. The second-order valence-corrected chi connectivity index (χ2v) is 33.3. The molecule has 14 aromatic carbocycles. The Morgan fingerprint density at radius 1 is 0.220 bits per heavy atom. The number of hydrogen-bond donors (Lipinski definition) is 0. The van der Waals surface area contributed by atoms with Crippen molar-refractivity contribution in [3.05, 3.63) is 261 Å². The van der Waals surface area contributed by atoms with Gasteiger partial charge >= 0.3 is 0 Å². The van der Waals surface area contributed by atoms with E-state index in [-0.39, 0.29) is 32.5 Å². The molecule has 14 aromatic rings. The molecule has 18 rings (SSSR count).